The summed E-state index contributed by atoms with van der Waals surface area (Å²) < 4.78 is 0. The van der Waals surface area contributed by atoms with Crippen molar-refractivity contribution < 1.29 is 0 Å². The Morgan fingerprint density at radius 1 is 1.38 bits per heavy atom. The van der Waals surface area contributed by atoms with Crippen LogP contribution in [0.4, 0.5) is 0 Å². The largest absolute Gasteiger partial charge is 0.313 e. The van der Waals surface area contributed by atoms with Gasteiger partial charge in [0.25, 0.3) is 0 Å². The molecule has 0 aliphatic heterocycles. The number of hydrogen-bond donors (Lipinski definition) is 1. The van der Waals surface area contributed by atoms with E-state index in [-0.39, 0.29) is 5.41 Å². The monoisotopic (exact) mass is 237 g/mol. The van der Waals surface area contributed by atoms with Gasteiger partial charge in [0.2, 0.25) is 0 Å². The molecule has 1 nitrogen and oxygen atoms in total. The van der Waals surface area contributed by atoms with Gasteiger partial charge < -0.3 is 5.32 Å². The third kappa shape index (κ3) is 4.11. The fourth-order valence-electron chi connectivity index (χ4n) is 1.45. The van der Waals surface area contributed by atoms with Crippen molar-refractivity contribution in [2.45, 2.75) is 40.0 Å². The summed E-state index contributed by atoms with van der Waals surface area (Å²) in [5, 5.41) is 3.34. The molecule has 0 aliphatic rings. The molecule has 1 aromatic rings. The highest BCUT2D eigenvalue weighted by Crippen LogP contribution is 2.30. The molecule has 0 fully saturated rings. The van der Waals surface area contributed by atoms with E-state index in [2.05, 4.69) is 58.1 Å². The standard InChI is InChI=1S/C14H23NS/c1-6-15-10-11(2)9-12-7-8-13(16-12)14(3,4)5/h7-9,15H,6,10H2,1-5H3/b11-9+. The van der Waals surface area contributed by atoms with E-state index in [1.54, 1.807) is 0 Å². The summed E-state index contributed by atoms with van der Waals surface area (Å²) in [6.07, 6.45) is 2.28. The minimum absolute atomic E-state index is 0.270. The minimum atomic E-state index is 0.270. The second kappa shape index (κ2) is 5.65. The molecular formula is C14H23NS. The third-order valence-electron chi connectivity index (χ3n) is 2.41. The Morgan fingerprint density at radius 2 is 2.06 bits per heavy atom. The fraction of sp³-hybridized carbons (Fsp3) is 0.571. The molecule has 0 aromatic carbocycles. The van der Waals surface area contributed by atoms with Crippen molar-refractivity contribution in [3.8, 4) is 0 Å². The zero-order valence-electron chi connectivity index (χ0n) is 11.1. The lowest BCUT2D eigenvalue weighted by molar-refractivity contribution is 0.604. The summed E-state index contributed by atoms with van der Waals surface area (Å²) in [6.45, 7) is 13.1. The molecule has 0 atom stereocenters. The zero-order valence-corrected chi connectivity index (χ0v) is 11.9. The predicted molar refractivity (Wildman–Crippen MR) is 75.2 cm³/mol. The SMILES string of the molecule is CCNC/C(C)=C/c1ccc(C(C)(C)C)s1. The minimum Gasteiger partial charge on any atom is -0.313 e. The molecule has 1 N–H and O–H groups in total. The van der Waals surface area contributed by atoms with Gasteiger partial charge in [0.15, 0.2) is 0 Å². The van der Waals surface area contributed by atoms with E-state index in [1.165, 1.54) is 15.3 Å². The first-order chi connectivity index (χ1) is 7.43. The number of hydrogen-bond acceptors (Lipinski definition) is 2. The van der Waals surface area contributed by atoms with Gasteiger partial charge in [0, 0.05) is 16.3 Å². The molecule has 0 unspecified atom stereocenters. The van der Waals surface area contributed by atoms with Gasteiger partial charge in [-0.1, -0.05) is 33.3 Å². The van der Waals surface area contributed by atoms with Crippen molar-refractivity contribution in [2.24, 2.45) is 0 Å². The number of likely N-dealkylation sites (N-methyl/N-ethyl adjacent to an activating group) is 1. The lowest BCUT2D eigenvalue weighted by atomic mass is 9.95. The molecule has 1 heterocycles. The van der Waals surface area contributed by atoms with Crippen LogP contribution in [0, 0.1) is 0 Å². The van der Waals surface area contributed by atoms with Crippen molar-refractivity contribution in [3.05, 3.63) is 27.5 Å². The van der Waals surface area contributed by atoms with Crippen molar-refractivity contribution >= 4 is 17.4 Å². The summed E-state index contributed by atoms with van der Waals surface area (Å²) in [5.41, 5.74) is 1.66. The zero-order chi connectivity index (χ0) is 12.2. The van der Waals surface area contributed by atoms with Crippen LogP contribution in [-0.4, -0.2) is 13.1 Å². The Morgan fingerprint density at radius 3 is 2.56 bits per heavy atom. The first-order valence-electron chi connectivity index (χ1n) is 5.91. The first kappa shape index (κ1) is 13.5. The lowest BCUT2D eigenvalue weighted by Gasteiger charge is -2.15. The van der Waals surface area contributed by atoms with Gasteiger partial charge in [-0.15, -0.1) is 11.3 Å². The van der Waals surface area contributed by atoms with Crippen molar-refractivity contribution in [1.82, 2.24) is 5.32 Å². The van der Waals surface area contributed by atoms with E-state index in [4.69, 9.17) is 0 Å². The van der Waals surface area contributed by atoms with Gasteiger partial charge in [-0.2, -0.15) is 0 Å². The van der Waals surface area contributed by atoms with Crippen LogP contribution < -0.4 is 5.32 Å². The molecule has 0 spiro atoms. The normalized spacial score (nSPS) is 13.2. The van der Waals surface area contributed by atoms with E-state index in [1.807, 2.05) is 11.3 Å². The van der Waals surface area contributed by atoms with Crippen LogP contribution in [0.2, 0.25) is 0 Å². The van der Waals surface area contributed by atoms with E-state index < -0.39 is 0 Å². The highest BCUT2D eigenvalue weighted by Gasteiger charge is 2.15. The maximum absolute atomic E-state index is 3.34. The van der Waals surface area contributed by atoms with Crippen LogP contribution in [0.3, 0.4) is 0 Å². The average Bonchev–Trinajstić information content (AvgIpc) is 2.62. The van der Waals surface area contributed by atoms with Gasteiger partial charge in [0.05, 0.1) is 0 Å². The predicted octanol–water partition coefficient (Wildman–Crippen LogP) is 4.06. The Labute approximate surface area is 104 Å². The van der Waals surface area contributed by atoms with Crippen LogP contribution in [0.1, 0.15) is 44.4 Å². The molecule has 0 amide bonds. The van der Waals surface area contributed by atoms with Gasteiger partial charge in [-0.25, -0.2) is 0 Å². The summed E-state index contributed by atoms with van der Waals surface area (Å²) in [6, 6.07) is 4.47. The molecule has 1 rings (SSSR count). The third-order valence-corrected chi connectivity index (χ3v) is 3.87. The van der Waals surface area contributed by atoms with Crippen LogP contribution in [0.25, 0.3) is 6.08 Å². The van der Waals surface area contributed by atoms with Crippen molar-refractivity contribution in [2.75, 3.05) is 13.1 Å². The second-order valence-corrected chi connectivity index (χ2v) is 6.34. The van der Waals surface area contributed by atoms with Crippen LogP contribution in [-0.2, 0) is 5.41 Å². The molecule has 0 aliphatic carbocycles. The topological polar surface area (TPSA) is 12.0 Å². The van der Waals surface area contributed by atoms with Crippen LogP contribution >= 0.6 is 11.3 Å². The Balaban J connectivity index is 2.71. The maximum Gasteiger partial charge on any atom is 0.0273 e. The molecule has 90 valence electrons. The molecule has 0 bridgehead atoms. The molecule has 0 saturated heterocycles. The highest BCUT2D eigenvalue weighted by molar-refractivity contribution is 7.13. The summed E-state index contributed by atoms with van der Waals surface area (Å²) in [7, 11) is 0. The Kier molecular flexibility index (Phi) is 4.75. The maximum atomic E-state index is 3.34. The first-order valence-corrected chi connectivity index (χ1v) is 6.73. The van der Waals surface area contributed by atoms with E-state index in [0.29, 0.717) is 0 Å². The summed E-state index contributed by atoms with van der Waals surface area (Å²) in [4.78, 5) is 2.82. The van der Waals surface area contributed by atoms with Crippen molar-refractivity contribution in [3.63, 3.8) is 0 Å². The number of rotatable bonds is 4. The highest BCUT2D eigenvalue weighted by atomic mass is 32.1. The molecule has 0 saturated carbocycles. The Bertz CT molecular complexity index is 355. The van der Waals surface area contributed by atoms with Gasteiger partial charge >= 0.3 is 0 Å². The quantitative estimate of drug-likeness (QED) is 0.832. The van der Waals surface area contributed by atoms with Crippen LogP contribution in [0.5, 0.6) is 0 Å². The Hall–Kier alpha value is -0.600. The smallest absolute Gasteiger partial charge is 0.0273 e. The molecule has 2 heteroatoms. The number of thiophene rings is 1. The number of nitrogens with one attached hydrogen (secondary N) is 1. The van der Waals surface area contributed by atoms with Gasteiger partial charge in [0.1, 0.15) is 0 Å². The molecular weight excluding hydrogens is 214 g/mol. The van der Waals surface area contributed by atoms with Gasteiger partial charge in [-0.05, 0) is 37.1 Å². The van der Waals surface area contributed by atoms with Gasteiger partial charge in [-0.3, -0.25) is 0 Å². The summed E-state index contributed by atoms with van der Waals surface area (Å²) in [5.74, 6) is 0. The van der Waals surface area contributed by atoms with Crippen LogP contribution in [0.15, 0.2) is 17.7 Å². The molecule has 16 heavy (non-hydrogen) atoms. The van der Waals surface area contributed by atoms with Crippen molar-refractivity contribution in [1.29, 1.82) is 0 Å². The lowest BCUT2D eigenvalue weighted by Crippen LogP contribution is -2.14. The fourth-order valence-corrected chi connectivity index (χ4v) is 2.54. The second-order valence-electron chi connectivity index (χ2n) is 5.22. The van der Waals surface area contributed by atoms with E-state index in [9.17, 15) is 0 Å². The molecule has 0 radical (unpaired) electrons. The average molecular weight is 237 g/mol. The van der Waals surface area contributed by atoms with E-state index >= 15 is 0 Å². The molecule has 1 aromatic heterocycles. The summed E-state index contributed by atoms with van der Waals surface area (Å²) >= 11 is 1.90. The van der Waals surface area contributed by atoms with E-state index in [0.717, 1.165) is 13.1 Å².